The Labute approximate surface area is 151 Å². The van der Waals surface area contributed by atoms with Gasteiger partial charge in [0, 0.05) is 17.5 Å². The van der Waals surface area contributed by atoms with Crippen molar-refractivity contribution in [3.05, 3.63) is 54.6 Å². The third kappa shape index (κ3) is 5.61. The molecule has 0 spiro atoms. The third-order valence-corrected chi connectivity index (χ3v) is 5.70. The number of carbonyl (C=O) groups excluding carboxylic acids is 2. The zero-order valence-corrected chi connectivity index (χ0v) is 15.4. The van der Waals surface area contributed by atoms with E-state index in [0.29, 0.717) is 5.69 Å². The largest absolute Gasteiger partial charge is 0.325 e. The second kappa shape index (κ2) is 8.17. The quantitative estimate of drug-likeness (QED) is 0.754. The lowest BCUT2D eigenvalue weighted by atomic mass is 10.3. The summed E-state index contributed by atoms with van der Waals surface area (Å²) in [6.45, 7) is 2.92. The van der Waals surface area contributed by atoms with E-state index in [1.807, 2.05) is 35.1 Å². The summed E-state index contributed by atoms with van der Waals surface area (Å²) in [5.74, 6) is -0.851. The Bertz CT molecular complexity index is 850. The van der Waals surface area contributed by atoms with Gasteiger partial charge in [-0.2, -0.15) is 0 Å². The first-order chi connectivity index (χ1) is 11.8. The Balaban J connectivity index is 2.01. The lowest BCUT2D eigenvalue weighted by Gasteiger charge is -2.12. The Morgan fingerprint density at radius 1 is 1.00 bits per heavy atom. The molecule has 1 atom stereocenters. The van der Waals surface area contributed by atoms with Crippen LogP contribution in [0.15, 0.2) is 64.4 Å². The fourth-order valence-corrected chi connectivity index (χ4v) is 3.85. The molecule has 0 aromatic heterocycles. The Kier molecular flexibility index (Phi) is 6.22. The molecule has 0 bridgehead atoms. The van der Waals surface area contributed by atoms with Crippen molar-refractivity contribution in [2.75, 3.05) is 5.32 Å². The van der Waals surface area contributed by atoms with Crippen LogP contribution < -0.4 is 10.0 Å². The standard InChI is InChI=1S/C17H18N2O4S2/c1-12(24-15-6-4-3-5-7-15)17(21)18-14-8-10-16(11-9-14)25(22,23)19-13(2)20/h3-12H,1-2H3,(H,18,21)(H,19,20). The van der Waals surface area contributed by atoms with Crippen molar-refractivity contribution in [1.29, 1.82) is 0 Å². The predicted octanol–water partition coefficient (Wildman–Crippen LogP) is 2.63. The van der Waals surface area contributed by atoms with E-state index in [0.717, 1.165) is 11.8 Å². The minimum Gasteiger partial charge on any atom is -0.325 e. The number of nitrogens with one attached hydrogen (secondary N) is 2. The van der Waals surface area contributed by atoms with Crippen LogP contribution in [0.2, 0.25) is 0 Å². The number of thioether (sulfide) groups is 1. The number of sulfonamides is 1. The molecule has 2 amide bonds. The molecule has 0 heterocycles. The summed E-state index contributed by atoms with van der Waals surface area (Å²) in [4.78, 5) is 24.1. The molecule has 132 valence electrons. The van der Waals surface area contributed by atoms with E-state index in [9.17, 15) is 18.0 Å². The number of amides is 2. The molecule has 2 aromatic rings. The second-order valence-corrected chi connectivity index (χ2v) is 8.35. The van der Waals surface area contributed by atoms with E-state index < -0.39 is 15.9 Å². The normalized spacial score (nSPS) is 12.2. The van der Waals surface area contributed by atoms with Crippen molar-refractivity contribution >= 4 is 39.3 Å². The van der Waals surface area contributed by atoms with Gasteiger partial charge in [0.05, 0.1) is 10.1 Å². The number of hydrogen-bond acceptors (Lipinski definition) is 5. The molecule has 8 heteroatoms. The fourth-order valence-electron chi connectivity index (χ4n) is 1.97. The predicted molar refractivity (Wildman–Crippen MR) is 97.8 cm³/mol. The van der Waals surface area contributed by atoms with Crippen molar-refractivity contribution in [2.24, 2.45) is 0 Å². The zero-order valence-electron chi connectivity index (χ0n) is 13.7. The van der Waals surface area contributed by atoms with E-state index in [4.69, 9.17) is 0 Å². The molecule has 6 nitrogen and oxygen atoms in total. The van der Waals surface area contributed by atoms with Gasteiger partial charge in [0.2, 0.25) is 11.8 Å². The van der Waals surface area contributed by atoms with Crippen LogP contribution >= 0.6 is 11.8 Å². The molecule has 1 unspecified atom stereocenters. The minimum atomic E-state index is -3.88. The Morgan fingerprint density at radius 2 is 1.60 bits per heavy atom. The van der Waals surface area contributed by atoms with Crippen molar-refractivity contribution < 1.29 is 18.0 Å². The van der Waals surface area contributed by atoms with Crippen LogP contribution in [0, 0.1) is 0 Å². The van der Waals surface area contributed by atoms with Crippen molar-refractivity contribution in [2.45, 2.75) is 28.9 Å². The van der Waals surface area contributed by atoms with E-state index >= 15 is 0 Å². The summed E-state index contributed by atoms with van der Waals surface area (Å²) in [5, 5.41) is 2.42. The maximum absolute atomic E-state index is 12.2. The lowest BCUT2D eigenvalue weighted by Crippen LogP contribution is -2.28. The summed E-state index contributed by atoms with van der Waals surface area (Å²) < 4.78 is 25.6. The number of carbonyl (C=O) groups is 2. The topological polar surface area (TPSA) is 92.3 Å². The van der Waals surface area contributed by atoms with Gasteiger partial charge in [0.15, 0.2) is 0 Å². The molecular formula is C17H18N2O4S2. The van der Waals surface area contributed by atoms with Gasteiger partial charge in [-0.15, -0.1) is 11.8 Å². The average molecular weight is 378 g/mol. The number of rotatable bonds is 6. The molecular weight excluding hydrogens is 360 g/mol. The Hall–Kier alpha value is -2.32. The first kappa shape index (κ1) is 19.0. The van der Waals surface area contributed by atoms with Crippen molar-refractivity contribution in [1.82, 2.24) is 4.72 Å². The van der Waals surface area contributed by atoms with Crippen LogP contribution in [-0.2, 0) is 19.6 Å². The lowest BCUT2D eigenvalue weighted by molar-refractivity contribution is -0.117. The summed E-state index contributed by atoms with van der Waals surface area (Å²) in [7, 11) is -3.88. The third-order valence-electron chi connectivity index (χ3n) is 3.14. The zero-order chi connectivity index (χ0) is 18.4. The van der Waals surface area contributed by atoms with E-state index in [1.54, 1.807) is 6.92 Å². The molecule has 2 N–H and O–H groups in total. The highest BCUT2D eigenvalue weighted by Gasteiger charge is 2.17. The van der Waals surface area contributed by atoms with Gasteiger partial charge in [-0.1, -0.05) is 18.2 Å². The molecule has 0 saturated carbocycles. The number of hydrogen-bond donors (Lipinski definition) is 2. The van der Waals surface area contributed by atoms with Gasteiger partial charge in [-0.25, -0.2) is 13.1 Å². The minimum absolute atomic E-state index is 0.0487. The first-order valence-corrected chi connectivity index (χ1v) is 9.80. The van der Waals surface area contributed by atoms with Crippen LogP contribution in [0.25, 0.3) is 0 Å². The van der Waals surface area contributed by atoms with E-state index in [1.165, 1.54) is 36.0 Å². The van der Waals surface area contributed by atoms with Crippen LogP contribution in [0.3, 0.4) is 0 Å². The van der Waals surface area contributed by atoms with E-state index in [2.05, 4.69) is 5.32 Å². The Morgan fingerprint density at radius 3 is 2.16 bits per heavy atom. The molecule has 25 heavy (non-hydrogen) atoms. The van der Waals surface area contributed by atoms with Gasteiger partial charge in [0.25, 0.3) is 10.0 Å². The van der Waals surface area contributed by atoms with Crippen molar-refractivity contribution in [3.63, 3.8) is 0 Å². The smallest absolute Gasteiger partial charge is 0.264 e. The molecule has 2 rings (SSSR count). The van der Waals surface area contributed by atoms with Gasteiger partial charge in [0.1, 0.15) is 0 Å². The van der Waals surface area contributed by atoms with E-state index in [-0.39, 0.29) is 16.1 Å². The summed E-state index contributed by atoms with van der Waals surface area (Å²) in [6, 6.07) is 15.2. The molecule has 0 saturated heterocycles. The number of anilines is 1. The maximum Gasteiger partial charge on any atom is 0.264 e. The molecule has 2 aromatic carbocycles. The molecule has 0 aliphatic carbocycles. The molecule has 0 radical (unpaired) electrons. The maximum atomic E-state index is 12.2. The number of benzene rings is 2. The van der Waals surface area contributed by atoms with Crippen molar-refractivity contribution in [3.8, 4) is 0 Å². The van der Waals surface area contributed by atoms with Gasteiger partial charge < -0.3 is 5.32 Å². The molecule has 0 fully saturated rings. The fraction of sp³-hybridized carbons (Fsp3) is 0.176. The monoisotopic (exact) mass is 378 g/mol. The average Bonchev–Trinajstić information content (AvgIpc) is 2.55. The molecule has 0 aliphatic heterocycles. The second-order valence-electron chi connectivity index (χ2n) is 5.25. The SMILES string of the molecule is CC(=O)NS(=O)(=O)c1ccc(NC(=O)C(C)Sc2ccccc2)cc1. The first-order valence-electron chi connectivity index (χ1n) is 7.44. The van der Waals surface area contributed by atoms with Gasteiger partial charge >= 0.3 is 0 Å². The van der Waals surface area contributed by atoms with Crippen LogP contribution in [0.1, 0.15) is 13.8 Å². The highest BCUT2D eigenvalue weighted by Crippen LogP contribution is 2.24. The van der Waals surface area contributed by atoms with Crippen LogP contribution in [-0.4, -0.2) is 25.5 Å². The highest BCUT2D eigenvalue weighted by molar-refractivity contribution is 8.00. The summed E-state index contributed by atoms with van der Waals surface area (Å²) in [5.41, 5.74) is 0.479. The summed E-state index contributed by atoms with van der Waals surface area (Å²) >= 11 is 1.43. The van der Waals surface area contributed by atoms with Crippen LogP contribution in [0.4, 0.5) is 5.69 Å². The van der Waals surface area contributed by atoms with Crippen LogP contribution in [0.5, 0.6) is 0 Å². The summed E-state index contributed by atoms with van der Waals surface area (Å²) in [6.07, 6.45) is 0. The van der Waals surface area contributed by atoms with Gasteiger partial charge in [-0.3, -0.25) is 9.59 Å². The highest BCUT2D eigenvalue weighted by atomic mass is 32.2. The molecule has 0 aliphatic rings. The van der Waals surface area contributed by atoms with Gasteiger partial charge in [-0.05, 0) is 43.3 Å².